The second-order valence-corrected chi connectivity index (χ2v) is 10.9. The van der Waals surface area contributed by atoms with Crippen molar-refractivity contribution in [3.63, 3.8) is 0 Å². The van der Waals surface area contributed by atoms with E-state index in [4.69, 9.17) is 16.3 Å². The van der Waals surface area contributed by atoms with Crippen LogP contribution in [0.15, 0.2) is 27.6 Å². The summed E-state index contributed by atoms with van der Waals surface area (Å²) in [7, 11) is 1.48. The average molecular weight is 442 g/mol. The Morgan fingerprint density at radius 2 is 2.10 bits per heavy atom. The van der Waals surface area contributed by atoms with E-state index in [-0.39, 0.29) is 18.5 Å². The number of halogens is 1. The van der Waals surface area contributed by atoms with Gasteiger partial charge in [0.25, 0.3) is 0 Å². The number of hydrogen-bond donors (Lipinski definition) is 1. The number of aliphatic imine (C=N–C) groups is 1. The van der Waals surface area contributed by atoms with Crippen LogP contribution >= 0.6 is 11.6 Å². The minimum atomic E-state index is -1.53. The van der Waals surface area contributed by atoms with Gasteiger partial charge in [-0.05, 0) is 52.8 Å². The van der Waals surface area contributed by atoms with Crippen LogP contribution in [0.4, 0.5) is 4.79 Å². The van der Waals surface area contributed by atoms with E-state index in [0.717, 1.165) is 4.90 Å². The lowest BCUT2D eigenvalue weighted by Crippen LogP contribution is -2.30. The molecule has 0 fully saturated rings. The number of carbonyl (C=O) groups is 1. The lowest BCUT2D eigenvalue weighted by molar-refractivity contribution is 0.157. The molecule has 7 nitrogen and oxygen atoms in total. The molecule has 1 amide bonds. The minimum Gasteiger partial charge on any atom is -0.591 e. The van der Waals surface area contributed by atoms with E-state index in [2.05, 4.69) is 9.39 Å². The molecule has 0 radical (unpaired) electrons. The number of carboxylic acid groups (broad SMARTS) is 1. The number of nitrogens with zero attached hydrogens (tertiary/aromatic N) is 3. The summed E-state index contributed by atoms with van der Waals surface area (Å²) >= 11 is 4.72. The monoisotopic (exact) mass is 441 g/mol. The van der Waals surface area contributed by atoms with Crippen LogP contribution in [-0.4, -0.2) is 62.7 Å². The van der Waals surface area contributed by atoms with Gasteiger partial charge < -0.3 is 19.3 Å². The van der Waals surface area contributed by atoms with Crippen molar-refractivity contribution in [2.75, 3.05) is 20.2 Å². The second kappa shape index (κ2) is 8.93. The molecule has 1 heterocycles. The summed E-state index contributed by atoms with van der Waals surface area (Å²) in [6.07, 6.45) is -0.771. The van der Waals surface area contributed by atoms with Gasteiger partial charge in [0.1, 0.15) is 28.4 Å². The third kappa shape index (κ3) is 6.35. The first-order valence-electron chi connectivity index (χ1n) is 9.27. The summed E-state index contributed by atoms with van der Waals surface area (Å²) in [4.78, 5) is 17.0. The predicted octanol–water partition coefficient (Wildman–Crippen LogP) is 4.15. The van der Waals surface area contributed by atoms with Crippen LogP contribution in [-0.2, 0) is 16.1 Å². The molecule has 29 heavy (non-hydrogen) atoms. The molecule has 1 unspecified atom stereocenters. The molecule has 0 aliphatic carbocycles. The highest BCUT2D eigenvalue weighted by Gasteiger charge is 2.31. The van der Waals surface area contributed by atoms with E-state index in [9.17, 15) is 14.5 Å². The van der Waals surface area contributed by atoms with Gasteiger partial charge in [0.05, 0.1) is 5.54 Å². The smallest absolute Gasteiger partial charge is 0.407 e. The summed E-state index contributed by atoms with van der Waals surface area (Å²) in [6.45, 7) is 10.1. The fourth-order valence-corrected chi connectivity index (χ4v) is 3.34. The topological polar surface area (TPSA) is 97.5 Å². The van der Waals surface area contributed by atoms with Gasteiger partial charge in [-0.3, -0.25) is 0 Å². The van der Waals surface area contributed by atoms with Crippen molar-refractivity contribution in [2.24, 2.45) is 9.39 Å². The van der Waals surface area contributed by atoms with E-state index in [1.165, 1.54) is 7.05 Å². The number of ether oxygens (including phenoxy) is 1. The molecule has 0 saturated heterocycles. The molecule has 1 atom stereocenters. The van der Waals surface area contributed by atoms with Crippen molar-refractivity contribution in [2.45, 2.75) is 51.3 Å². The molecule has 9 heteroatoms. The first-order valence-corrected chi connectivity index (χ1v) is 10.8. The maximum absolute atomic E-state index is 12.7. The van der Waals surface area contributed by atoms with E-state index >= 15 is 0 Å². The van der Waals surface area contributed by atoms with Gasteiger partial charge in [0.2, 0.25) is 5.90 Å². The third-order valence-electron chi connectivity index (χ3n) is 4.22. The predicted molar refractivity (Wildman–Crippen MR) is 118 cm³/mol. The lowest BCUT2D eigenvalue weighted by Gasteiger charge is -2.21. The largest absolute Gasteiger partial charge is 0.591 e. The summed E-state index contributed by atoms with van der Waals surface area (Å²) in [5.74, 6) is 0.475. The van der Waals surface area contributed by atoms with Gasteiger partial charge in [-0.2, -0.15) is 0 Å². The summed E-state index contributed by atoms with van der Waals surface area (Å²) in [5, 5.41) is 9.66. The van der Waals surface area contributed by atoms with E-state index < -0.39 is 22.2 Å². The lowest BCUT2D eigenvalue weighted by atomic mass is 10.0. The Labute approximate surface area is 180 Å². The molecular weight excluding hydrogens is 414 g/mol. The molecule has 1 aliphatic heterocycles. The summed E-state index contributed by atoms with van der Waals surface area (Å²) in [6, 6.07) is 5.27. The summed E-state index contributed by atoms with van der Waals surface area (Å²) in [5.41, 5.74) is 1.49. The van der Waals surface area contributed by atoms with Gasteiger partial charge in [0.15, 0.2) is 0 Å². The Hall–Kier alpha value is -1.77. The Morgan fingerprint density at radius 3 is 2.62 bits per heavy atom. The van der Waals surface area contributed by atoms with Gasteiger partial charge in [0, 0.05) is 36.2 Å². The summed E-state index contributed by atoms with van der Waals surface area (Å²) < 4.78 is 22.4. The standard InChI is InChI=1S/C20H28ClN3O4S/c1-19(2,3)29(27)23-16(9-10-24(6)18(25)26)15-11-13(21)7-8-14(15)17-22-20(4,5)12-28-17/h7-8,11H,9-10,12H2,1-6H3,(H,25,26)/b23-16-. The van der Waals surface area contributed by atoms with Crippen molar-refractivity contribution >= 4 is 40.7 Å². The average Bonchev–Trinajstić information content (AvgIpc) is 2.96. The molecule has 160 valence electrons. The fourth-order valence-electron chi connectivity index (χ4n) is 2.50. The first-order chi connectivity index (χ1) is 13.3. The third-order valence-corrected chi connectivity index (χ3v) is 5.89. The second-order valence-electron chi connectivity index (χ2n) is 8.56. The Bertz CT molecular complexity index is 834. The molecule has 0 spiro atoms. The SMILES string of the molecule is CN(CC/C(=N/[S+]([O-])C(C)(C)C)c1cc(Cl)ccc1C1=NC(C)(C)CO1)C(=O)O. The zero-order valence-corrected chi connectivity index (χ0v) is 19.2. The van der Waals surface area contributed by atoms with Crippen molar-refractivity contribution in [3.8, 4) is 0 Å². The number of rotatable bonds is 6. The molecule has 1 aromatic rings. The Balaban J connectivity index is 2.53. The van der Waals surface area contributed by atoms with Crippen LogP contribution in [0.2, 0.25) is 5.02 Å². The zero-order chi connectivity index (χ0) is 22.0. The molecule has 1 aromatic carbocycles. The van der Waals surface area contributed by atoms with Crippen LogP contribution in [0.1, 0.15) is 52.2 Å². The number of hydrogen-bond acceptors (Lipinski definition) is 5. The Morgan fingerprint density at radius 1 is 1.45 bits per heavy atom. The van der Waals surface area contributed by atoms with E-state index in [0.29, 0.717) is 34.4 Å². The van der Waals surface area contributed by atoms with Crippen LogP contribution in [0.25, 0.3) is 0 Å². The highest BCUT2D eigenvalue weighted by atomic mass is 35.5. The number of benzene rings is 1. The molecule has 1 aliphatic rings. The van der Waals surface area contributed by atoms with Crippen LogP contribution in [0.3, 0.4) is 0 Å². The van der Waals surface area contributed by atoms with Gasteiger partial charge >= 0.3 is 6.09 Å². The van der Waals surface area contributed by atoms with Gasteiger partial charge in [-0.25, -0.2) is 9.79 Å². The van der Waals surface area contributed by atoms with Gasteiger partial charge in [-0.1, -0.05) is 16.0 Å². The molecule has 0 aromatic heterocycles. The first kappa shape index (κ1) is 23.5. The quantitative estimate of drug-likeness (QED) is 0.529. The molecule has 2 rings (SSSR count). The van der Waals surface area contributed by atoms with Crippen molar-refractivity contribution < 1.29 is 19.2 Å². The zero-order valence-electron chi connectivity index (χ0n) is 17.7. The van der Waals surface area contributed by atoms with Gasteiger partial charge in [-0.15, -0.1) is 0 Å². The van der Waals surface area contributed by atoms with E-state index in [1.807, 2.05) is 34.6 Å². The molecular formula is C20H28ClN3O4S. The Kier molecular flexibility index (Phi) is 7.24. The number of amides is 1. The van der Waals surface area contributed by atoms with E-state index in [1.54, 1.807) is 18.2 Å². The molecule has 1 N–H and O–H groups in total. The van der Waals surface area contributed by atoms with Crippen molar-refractivity contribution in [1.82, 2.24) is 4.90 Å². The van der Waals surface area contributed by atoms with Crippen LogP contribution in [0.5, 0.6) is 0 Å². The fraction of sp³-hybridized carbons (Fsp3) is 0.550. The minimum absolute atomic E-state index is 0.195. The van der Waals surface area contributed by atoms with Crippen molar-refractivity contribution in [3.05, 3.63) is 34.3 Å². The molecule has 0 saturated carbocycles. The van der Waals surface area contributed by atoms with Crippen molar-refractivity contribution in [1.29, 1.82) is 0 Å². The maximum atomic E-state index is 12.7. The normalized spacial score (nSPS) is 17.5. The maximum Gasteiger partial charge on any atom is 0.407 e. The molecule has 0 bridgehead atoms. The van der Waals surface area contributed by atoms with Crippen LogP contribution in [0, 0.1) is 0 Å². The highest BCUT2D eigenvalue weighted by molar-refractivity contribution is 7.91. The van der Waals surface area contributed by atoms with Crippen LogP contribution < -0.4 is 0 Å². The highest BCUT2D eigenvalue weighted by Crippen LogP contribution is 2.27.